The number of likely N-dealkylation sites (tertiary alicyclic amines) is 1. The quantitative estimate of drug-likeness (QED) is 0.775. The van der Waals surface area contributed by atoms with Crippen molar-refractivity contribution in [2.75, 3.05) is 13.1 Å². The molecule has 2 aliphatic heterocycles. The summed E-state index contributed by atoms with van der Waals surface area (Å²) < 4.78 is 43.0. The lowest BCUT2D eigenvalue weighted by Gasteiger charge is -2.34. The predicted molar refractivity (Wildman–Crippen MR) is 93.2 cm³/mol. The van der Waals surface area contributed by atoms with Gasteiger partial charge in [0, 0.05) is 31.0 Å². The number of hydrogen-bond donors (Lipinski definition) is 1. The molecular weight excluding hydrogens is 409 g/mol. The van der Waals surface area contributed by atoms with Crippen molar-refractivity contribution in [1.29, 1.82) is 0 Å². The Morgan fingerprint density at radius 3 is 2.50 bits per heavy atom. The smallest absolute Gasteiger partial charge is 0.475 e. The molecule has 2 aliphatic rings. The van der Waals surface area contributed by atoms with E-state index in [2.05, 4.69) is 15.1 Å². The number of aromatic nitrogens is 3. The number of amides is 1. The number of carboxylic acid groups (broad SMARTS) is 1. The van der Waals surface area contributed by atoms with Gasteiger partial charge in [-0.05, 0) is 37.8 Å². The molecule has 4 heterocycles. The molecule has 0 radical (unpaired) electrons. The zero-order valence-corrected chi connectivity index (χ0v) is 15.9. The fourth-order valence-electron chi connectivity index (χ4n) is 3.39. The minimum atomic E-state index is -5.08. The van der Waals surface area contributed by atoms with Crippen LogP contribution in [0, 0.1) is 12.8 Å². The number of carboxylic acids is 1. The van der Waals surface area contributed by atoms with Crippen LogP contribution in [0.3, 0.4) is 0 Å². The number of aliphatic carboxylic acids is 1. The Morgan fingerprint density at radius 1 is 1.27 bits per heavy atom. The van der Waals surface area contributed by atoms with Crippen molar-refractivity contribution >= 4 is 11.9 Å². The number of ether oxygens (including phenoxy) is 1. The Labute approximate surface area is 168 Å². The molecule has 2 fully saturated rings. The summed E-state index contributed by atoms with van der Waals surface area (Å²) in [6.07, 6.45) is -0.108. The molecule has 9 nitrogen and oxygen atoms in total. The summed E-state index contributed by atoms with van der Waals surface area (Å²) in [4.78, 5) is 31.5. The number of nitrogens with zero attached hydrogens (tertiary/aromatic N) is 4. The van der Waals surface area contributed by atoms with Crippen molar-refractivity contribution in [1.82, 2.24) is 20.0 Å². The summed E-state index contributed by atoms with van der Waals surface area (Å²) in [5.74, 6) is -1.12. The maximum Gasteiger partial charge on any atom is 0.490 e. The minimum Gasteiger partial charge on any atom is -0.475 e. The topological polar surface area (TPSA) is 119 Å². The lowest BCUT2D eigenvalue weighted by atomic mass is 9.91. The highest BCUT2D eigenvalue weighted by Crippen LogP contribution is 2.40. The second-order valence-corrected chi connectivity index (χ2v) is 6.92. The van der Waals surface area contributed by atoms with E-state index >= 15 is 0 Å². The molecule has 0 aromatic carbocycles. The predicted octanol–water partition coefficient (Wildman–Crippen LogP) is 2.40. The molecule has 30 heavy (non-hydrogen) atoms. The molecule has 2 aromatic heterocycles. The lowest BCUT2D eigenvalue weighted by molar-refractivity contribution is -0.192. The molecule has 162 valence electrons. The normalized spacial score (nSPS) is 23.3. The first-order valence-corrected chi connectivity index (χ1v) is 9.10. The number of halogens is 3. The Hall–Kier alpha value is -3.02. The molecule has 12 heteroatoms. The molecule has 0 spiro atoms. The Kier molecular flexibility index (Phi) is 6.34. The van der Waals surface area contributed by atoms with E-state index in [1.165, 1.54) is 0 Å². The third-order valence-corrected chi connectivity index (χ3v) is 4.83. The molecular formula is C18H19F3N4O5. The van der Waals surface area contributed by atoms with E-state index < -0.39 is 12.1 Å². The van der Waals surface area contributed by atoms with Crippen LogP contribution >= 0.6 is 0 Å². The van der Waals surface area contributed by atoms with Gasteiger partial charge in [-0.25, -0.2) is 4.79 Å². The number of pyridine rings is 1. The molecule has 2 aromatic rings. The van der Waals surface area contributed by atoms with E-state index in [-0.39, 0.29) is 18.1 Å². The minimum absolute atomic E-state index is 0.0338. The highest BCUT2D eigenvalue weighted by molar-refractivity contribution is 5.94. The van der Waals surface area contributed by atoms with Gasteiger partial charge in [0.05, 0.1) is 6.10 Å². The first-order valence-electron chi connectivity index (χ1n) is 9.10. The van der Waals surface area contributed by atoms with E-state index in [0.717, 1.165) is 19.4 Å². The maximum atomic E-state index is 12.5. The number of rotatable bonds is 2. The van der Waals surface area contributed by atoms with Gasteiger partial charge in [0.25, 0.3) is 11.8 Å². The summed E-state index contributed by atoms with van der Waals surface area (Å²) in [7, 11) is 0. The van der Waals surface area contributed by atoms with Crippen molar-refractivity contribution in [2.45, 2.75) is 38.1 Å². The highest BCUT2D eigenvalue weighted by Gasteiger charge is 2.42. The summed E-state index contributed by atoms with van der Waals surface area (Å²) >= 11 is 0. The highest BCUT2D eigenvalue weighted by atomic mass is 19.4. The van der Waals surface area contributed by atoms with E-state index in [0.29, 0.717) is 29.7 Å². The van der Waals surface area contributed by atoms with Crippen LogP contribution in [-0.2, 0) is 9.53 Å². The number of aryl methyl sites for hydroxylation is 1. The number of hydrogen-bond acceptors (Lipinski definition) is 7. The van der Waals surface area contributed by atoms with Crippen molar-refractivity contribution in [3.63, 3.8) is 0 Å². The molecule has 0 bridgehead atoms. The molecule has 2 saturated heterocycles. The van der Waals surface area contributed by atoms with Gasteiger partial charge in [-0.3, -0.25) is 9.78 Å². The average molecular weight is 428 g/mol. The molecule has 4 rings (SSSR count). The van der Waals surface area contributed by atoms with E-state index in [9.17, 15) is 18.0 Å². The summed E-state index contributed by atoms with van der Waals surface area (Å²) in [5.41, 5.74) is 0.667. The van der Waals surface area contributed by atoms with Crippen LogP contribution in [0.15, 0.2) is 29.0 Å². The lowest BCUT2D eigenvalue weighted by Crippen LogP contribution is -2.45. The molecule has 1 N–H and O–H groups in total. The van der Waals surface area contributed by atoms with Gasteiger partial charge in [0.15, 0.2) is 5.82 Å². The van der Waals surface area contributed by atoms with E-state index in [1.54, 1.807) is 31.5 Å². The summed E-state index contributed by atoms with van der Waals surface area (Å²) in [5, 5.41) is 10.9. The van der Waals surface area contributed by atoms with Gasteiger partial charge in [-0.2, -0.15) is 18.2 Å². The fraction of sp³-hybridized carbons (Fsp3) is 0.500. The molecule has 0 saturated carbocycles. The van der Waals surface area contributed by atoms with Crippen molar-refractivity contribution < 1.29 is 37.1 Å². The Balaban J connectivity index is 0.000000318. The van der Waals surface area contributed by atoms with Gasteiger partial charge in [-0.15, -0.1) is 0 Å². The number of carbonyl (C=O) groups excluding carboxylic acids is 1. The Morgan fingerprint density at radius 2 is 1.93 bits per heavy atom. The van der Waals surface area contributed by atoms with Gasteiger partial charge in [-0.1, -0.05) is 5.16 Å². The maximum absolute atomic E-state index is 12.5. The second kappa shape index (κ2) is 8.78. The standard InChI is InChI=1S/C16H18N4O3.C2HF3O2/c1-10-18-15(23-19-10)13-8-12-4-7-20(9-14(12)22-13)16(21)11-2-5-17-6-3-11;3-2(4,5)1(6)7/h2-3,5-6,12-14H,4,7-9H2,1H3;(H,6,7)/t12-,13+,14+;/m0./s1. The van der Waals surface area contributed by atoms with Gasteiger partial charge in [0.1, 0.15) is 6.10 Å². The number of fused-ring (bicyclic) bond motifs is 1. The number of alkyl halides is 3. The van der Waals surface area contributed by atoms with Crippen LogP contribution in [-0.4, -0.2) is 62.4 Å². The van der Waals surface area contributed by atoms with Gasteiger partial charge < -0.3 is 19.3 Å². The van der Waals surface area contributed by atoms with Crippen LogP contribution in [0.25, 0.3) is 0 Å². The Bertz CT molecular complexity index is 889. The molecule has 0 unspecified atom stereocenters. The molecule has 1 amide bonds. The first-order chi connectivity index (χ1) is 14.1. The fourth-order valence-corrected chi connectivity index (χ4v) is 3.39. The largest absolute Gasteiger partial charge is 0.490 e. The van der Waals surface area contributed by atoms with E-state index in [4.69, 9.17) is 19.2 Å². The van der Waals surface area contributed by atoms with Crippen molar-refractivity contribution in [2.24, 2.45) is 5.92 Å². The SMILES string of the molecule is Cc1noc([C@H]2C[C@@H]3CCN(C(=O)c4ccncc4)C[C@H]3O2)n1.O=C(O)C(F)(F)F. The zero-order chi connectivity index (χ0) is 21.9. The first kappa shape index (κ1) is 21.7. The summed E-state index contributed by atoms with van der Waals surface area (Å²) in [6.45, 7) is 3.15. The molecule has 0 aliphatic carbocycles. The van der Waals surface area contributed by atoms with Crippen molar-refractivity contribution in [3.05, 3.63) is 41.8 Å². The van der Waals surface area contributed by atoms with Gasteiger partial charge in [0.2, 0.25) is 0 Å². The van der Waals surface area contributed by atoms with Crippen LogP contribution in [0.2, 0.25) is 0 Å². The van der Waals surface area contributed by atoms with Gasteiger partial charge >= 0.3 is 12.1 Å². The monoisotopic (exact) mass is 428 g/mol. The van der Waals surface area contributed by atoms with Crippen LogP contribution in [0.1, 0.15) is 41.0 Å². The van der Waals surface area contributed by atoms with Crippen LogP contribution in [0.4, 0.5) is 13.2 Å². The zero-order valence-electron chi connectivity index (χ0n) is 15.9. The van der Waals surface area contributed by atoms with Crippen LogP contribution < -0.4 is 0 Å². The second-order valence-electron chi connectivity index (χ2n) is 6.92. The van der Waals surface area contributed by atoms with E-state index in [1.807, 2.05) is 4.90 Å². The third kappa shape index (κ3) is 5.12. The average Bonchev–Trinajstić information content (AvgIpc) is 3.33. The third-order valence-electron chi connectivity index (χ3n) is 4.83. The summed E-state index contributed by atoms with van der Waals surface area (Å²) in [6, 6.07) is 3.49. The van der Waals surface area contributed by atoms with Crippen LogP contribution in [0.5, 0.6) is 0 Å². The number of piperidine rings is 1. The molecule has 3 atom stereocenters. The number of carbonyl (C=O) groups is 2. The van der Waals surface area contributed by atoms with Crippen molar-refractivity contribution in [3.8, 4) is 0 Å².